The van der Waals surface area contributed by atoms with Crippen LogP contribution in [0, 0.1) is 13.8 Å². The molecule has 5 nitrogen and oxygen atoms in total. The van der Waals surface area contributed by atoms with E-state index in [1.54, 1.807) is 6.26 Å². The van der Waals surface area contributed by atoms with Crippen LogP contribution in [-0.2, 0) is 13.1 Å². The van der Waals surface area contributed by atoms with Crippen LogP contribution in [-0.4, -0.2) is 21.5 Å². The predicted molar refractivity (Wildman–Crippen MR) is 118 cm³/mol. The summed E-state index contributed by atoms with van der Waals surface area (Å²) in [5.41, 5.74) is 3.76. The Morgan fingerprint density at radius 1 is 1.25 bits per heavy atom. The first-order valence-corrected chi connectivity index (χ1v) is 10.1. The monoisotopic (exact) mass is 397 g/mol. The van der Waals surface area contributed by atoms with Crippen molar-refractivity contribution in [1.29, 1.82) is 0 Å². The number of aromatic amines is 1. The summed E-state index contributed by atoms with van der Waals surface area (Å²) in [6, 6.07) is 9.86. The largest absolute Gasteiger partial charge is 0.467 e. The van der Waals surface area contributed by atoms with Gasteiger partial charge < -0.3 is 19.6 Å². The molecule has 148 valence electrons. The summed E-state index contributed by atoms with van der Waals surface area (Å²) in [7, 11) is 0. The number of pyridine rings is 1. The number of nitrogens with zero attached hydrogens (tertiary/aromatic N) is 1. The average Bonchev–Trinajstić information content (AvgIpc) is 3.19. The molecular weight excluding hydrogens is 370 g/mol. The molecule has 0 bridgehead atoms. The Balaban J connectivity index is 1.88. The number of hydrogen-bond acceptors (Lipinski definition) is 3. The van der Waals surface area contributed by atoms with Crippen molar-refractivity contribution < 1.29 is 4.42 Å². The number of aryl methyl sites for hydroxylation is 2. The van der Waals surface area contributed by atoms with Crippen LogP contribution in [0.5, 0.6) is 0 Å². The molecule has 0 aliphatic rings. The minimum Gasteiger partial charge on any atom is -0.467 e. The molecule has 0 radical (unpaired) electrons. The van der Waals surface area contributed by atoms with Gasteiger partial charge in [0.1, 0.15) is 5.76 Å². The number of hydrogen-bond donors (Lipinski definition) is 2. The van der Waals surface area contributed by atoms with Crippen molar-refractivity contribution >= 4 is 28.2 Å². The second-order valence-electron chi connectivity index (χ2n) is 7.12. The van der Waals surface area contributed by atoms with Crippen LogP contribution in [0.2, 0.25) is 0 Å². The third-order valence-corrected chi connectivity index (χ3v) is 5.41. The van der Waals surface area contributed by atoms with Gasteiger partial charge in [-0.15, -0.1) is 0 Å². The topological polar surface area (TPSA) is 61.3 Å². The molecule has 0 spiro atoms. The highest BCUT2D eigenvalue weighted by Gasteiger charge is 2.15. The molecule has 0 unspecified atom stereocenters. The van der Waals surface area contributed by atoms with Gasteiger partial charge in [0.15, 0.2) is 5.11 Å². The molecule has 0 fully saturated rings. The molecule has 0 saturated carbocycles. The summed E-state index contributed by atoms with van der Waals surface area (Å²) < 4.78 is 5.49. The van der Waals surface area contributed by atoms with Crippen LogP contribution in [0.4, 0.5) is 0 Å². The van der Waals surface area contributed by atoms with Gasteiger partial charge in [-0.1, -0.05) is 25.5 Å². The Morgan fingerprint density at radius 3 is 2.79 bits per heavy atom. The van der Waals surface area contributed by atoms with Crippen LogP contribution >= 0.6 is 12.2 Å². The zero-order chi connectivity index (χ0) is 20.1. The first-order valence-electron chi connectivity index (χ1n) is 9.67. The van der Waals surface area contributed by atoms with E-state index in [-0.39, 0.29) is 5.56 Å². The SMILES string of the molecule is CCCCNC(=S)N(Cc1ccco1)Cc1cc2ccc(C)c(C)c2[nH]c1=O. The molecule has 0 amide bonds. The van der Waals surface area contributed by atoms with Gasteiger partial charge in [0.25, 0.3) is 5.56 Å². The minimum absolute atomic E-state index is 0.0815. The lowest BCUT2D eigenvalue weighted by Gasteiger charge is -2.25. The first kappa shape index (κ1) is 20.1. The highest BCUT2D eigenvalue weighted by molar-refractivity contribution is 7.80. The number of H-pyrrole nitrogens is 1. The lowest BCUT2D eigenvalue weighted by Crippen LogP contribution is -2.40. The van der Waals surface area contributed by atoms with E-state index in [2.05, 4.69) is 23.3 Å². The molecule has 0 saturated heterocycles. The summed E-state index contributed by atoms with van der Waals surface area (Å²) in [6.45, 7) is 7.96. The summed E-state index contributed by atoms with van der Waals surface area (Å²) in [5.74, 6) is 0.809. The molecule has 6 heteroatoms. The Kier molecular flexibility index (Phi) is 6.52. The molecule has 0 atom stereocenters. The van der Waals surface area contributed by atoms with E-state index in [1.165, 1.54) is 0 Å². The highest BCUT2D eigenvalue weighted by atomic mass is 32.1. The number of aromatic nitrogens is 1. The van der Waals surface area contributed by atoms with Gasteiger partial charge in [-0.05, 0) is 67.2 Å². The normalized spacial score (nSPS) is 11.0. The van der Waals surface area contributed by atoms with Gasteiger partial charge in [-0.3, -0.25) is 4.79 Å². The van der Waals surface area contributed by atoms with E-state index >= 15 is 0 Å². The Hall–Kier alpha value is -2.60. The molecule has 28 heavy (non-hydrogen) atoms. The molecule has 2 heterocycles. The average molecular weight is 398 g/mol. The van der Waals surface area contributed by atoms with Crippen molar-refractivity contribution in [3.8, 4) is 0 Å². The van der Waals surface area contributed by atoms with E-state index in [9.17, 15) is 4.79 Å². The maximum absolute atomic E-state index is 12.7. The molecule has 1 aromatic carbocycles. The first-order chi connectivity index (χ1) is 13.5. The van der Waals surface area contributed by atoms with Crippen molar-refractivity contribution in [1.82, 2.24) is 15.2 Å². The van der Waals surface area contributed by atoms with Gasteiger partial charge in [-0.25, -0.2) is 0 Å². The van der Waals surface area contributed by atoms with Crippen molar-refractivity contribution in [2.24, 2.45) is 0 Å². The number of fused-ring (bicyclic) bond motifs is 1. The number of nitrogens with one attached hydrogen (secondary N) is 2. The van der Waals surface area contributed by atoms with E-state index in [0.29, 0.717) is 23.8 Å². The maximum Gasteiger partial charge on any atom is 0.253 e. The van der Waals surface area contributed by atoms with E-state index in [4.69, 9.17) is 16.6 Å². The van der Waals surface area contributed by atoms with Crippen molar-refractivity contribution in [2.45, 2.75) is 46.7 Å². The molecule has 0 aliphatic heterocycles. The molecule has 2 N–H and O–H groups in total. The third-order valence-electron chi connectivity index (χ3n) is 5.01. The van der Waals surface area contributed by atoms with Crippen molar-refractivity contribution in [3.63, 3.8) is 0 Å². The van der Waals surface area contributed by atoms with Crippen LogP contribution in [0.1, 0.15) is 42.2 Å². The Bertz CT molecular complexity index is 1010. The smallest absolute Gasteiger partial charge is 0.253 e. The standard InChI is InChI=1S/C22H27N3O2S/c1-4-5-10-23-22(28)25(14-19-7-6-11-27-19)13-18-12-17-9-8-15(2)16(3)20(17)24-21(18)26/h6-9,11-12H,4-5,10,13-14H2,1-3H3,(H,23,28)(H,24,26). The van der Waals surface area contributed by atoms with Gasteiger partial charge >= 0.3 is 0 Å². The molecular formula is C22H27N3O2S. The van der Waals surface area contributed by atoms with Crippen LogP contribution in [0.25, 0.3) is 10.9 Å². The van der Waals surface area contributed by atoms with Crippen LogP contribution in [0.15, 0.2) is 45.8 Å². The summed E-state index contributed by atoms with van der Waals surface area (Å²) >= 11 is 5.60. The maximum atomic E-state index is 12.7. The predicted octanol–water partition coefficient (Wildman–Crippen LogP) is 4.41. The van der Waals surface area contributed by atoms with Gasteiger partial charge in [0, 0.05) is 12.1 Å². The Labute approximate surface area is 170 Å². The van der Waals surface area contributed by atoms with Crippen molar-refractivity contribution in [2.75, 3.05) is 6.54 Å². The number of thiocarbonyl (C=S) groups is 1. The van der Waals surface area contributed by atoms with Crippen molar-refractivity contribution in [3.05, 3.63) is 69.4 Å². The van der Waals surface area contributed by atoms with E-state index < -0.39 is 0 Å². The third kappa shape index (κ3) is 4.62. The molecule has 2 aromatic heterocycles. The summed E-state index contributed by atoms with van der Waals surface area (Å²) in [4.78, 5) is 17.8. The zero-order valence-electron chi connectivity index (χ0n) is 16.7. The number of benzene rings is 1. The van der Waals surface area contributed by atoms with E-state index in [0.717, 1.165) is 47.2 Å². The molecule has 0 aliphatic carbocycles. The second-order valence-corrected chi connectivity index (χ2v) is 7.50. The van der Waals surface area contributed by atoms with E-state index in [1.807, 2.05) is 43.0 Å². The minimum atomic E-state index is -0.0815. The Morgan fingerprint density at radius 2 is 2.07 bits per heavy atom. The van der Waals surface area contributed by atoms with Crippen LogP contribution in [0.3, 0.4) is 0 Å². The number of furan rings is 1. The van der Waals surface area contributed by atoms with Crippen LogP contribution < -0.4 is 10.9 Å². The molecule has 3 rings (SSSR count). The lowest BCUT2D eigenvalue weighted by molar-refractivity contribution is 0.350. The fourth-order valence-electron chi connectivity index (χ4n) is 3.17. The number of rotatable bonds is 7. The zero-order valence-corrected chi connectivity index (χ0v) is 17.5. The summed E-state index contributed by atoms with van der Waals surface area (Å²) in [5, 5.41) is 4.95. The van der Waals surface area contributed by atoms with Gasteiger partial charge in [0.2, 0.25) is 0 Å². The second kappa shape index (κ2) is 9.06. The summed E-state index contributed by atoms with van der Waals surface area (Å²) in [6.07, 6.45) is 3.79. The highest BCUT2D eigenvalue weighted by Crippen LogP contribution is 2.20. The fraction of sp³-hybridized carbons (Fsp3) is 0.364. The van der Waals surface area contributed by atoms with Gasteiger partial charge in [-0.2, -0.15) is 0 Å². The molecule has 3 aromatic rings. The lowest BCUT2D eigenvalue weighted by atomic mass is 10.0. The fourth-order valence-corrected chi connectivity index (χ4v) is 3.40. The quantitative estimate of drug-likeness (QED) is 0.457. The number of unbranched alkanes of at least 4 members (excludes halogenated alkanes) is 1. The van der Waals surface area contributed by atoms with Gasteiger partial charge in [0.05, 0.1) is 24.9 Å².